The van der Waals surface area contributed by atoms with E-state index in [1.807, 2.05) is 0 Å². The third kappa shape index (κ3) is 4.57. The Hall–Kier alpha value is -0.410. The fourth-order valence-corrected chi connectivity index (χ4v) is 3.77. The predicted octanol–water partition coefficient (Wildman–Crippen LogP) is 1.93. The first-order valence-corrected chi connectivity index (χ1v) is 9.41. The van der Waals surface area contributed by atoms with Crippen molar-refractivity contribution < 1.29 is 16.8 Å². The van der Waals surface area contributed by atoms with Gasteiger partial charge in [-0.1, -0.05) is 34.1 Å². The van der Waals surface area contributed by atoms with Crippen molar-refractivity contribution in [2.24, 2.45) is 0 Å². The zero-order valence-electron chi connectivity index (χ0n) is 9.85. The molecule has 0 heterocycles. The van der Waals surface area contributed by atoms with Gasteiger partial charge in [0.1, 0.15) is 4.90 Å². The summed E-state index contributed by atoms with van der Waals surface area (Å²) < 4.78 is 49.5. The van der Waals surface area contributed by atoms with Crippen LogP contribution in [0.1, 0.15) is 0 Å². The lowest BCUT2D eigenvalue weighted by Crippen LogP contribution is -2.25. The van der Waals surface area contributed by atoms with Crippen LogP contribution < -0.4 is 4.72 Å². The van der Waals surface area contributed by atoms with Crippen LogP contribution in [0.3, 0.4) is 0 Å². The largest absolute Gasteiger partial charge is 0.242 e. The molecular formula is C10H11BrClNO4S2. The van der Waals surface area contributed by atoms with Gasteiger partial charge in [0.15, 0.2) is 9.84 Å². The van der Waals surface area contributed by atoms with Gasteiger partial charge < -0.3 is 0 Å². The van der Waals surface area contributed by atoms with Crippen molar-refractivity contribution in [3.8, 4) is 0 Å². The molecule has 0 saturated carbocycles. The van der Waals surface area contributed by atoms with Crippen molar-refractivity contribution in [2.45, 2.75) is 9.79 Å². The van der Waals surface area contributed by atoms with Gasteiger partial charge in [0.05, 0.1) is 9.92 Å². The second-order valence-electron chi connectivity index (χ2n) is 3.71. The van der Waals surface area contributed by atoms with Crippen LogP contribution in [0.15, 0.2) is 39.1 Å². The van der Waals surface area contributed by atoms with E-state index in [-0.39, 0.29) is 21.4 Å². The first-order valence-electron chi connectivity index (χ1n) is 4.86. The molecule has 5 nitrogen and oxygen atoms in total. The van der Waals surface area contributed by atoms with E-state index in [0.717, 1.165) is 12.3 Å². The van der Waals surface area contributed by atoms with Crippen LogP contribution in [0.4, 0.5) is 0 Å². The van der Waals surface area contributed by atoms with Gasteiger partial charge in [0.2, 0.25) is 10.0 Å². The molecule has 0 radical (unpaired) electrons. The highest BCUT2D eigenvalue weighted by Crippen LogP contribution is 2.24. The van der Waals surface area contributed by atoms with E-state index in [4.69, 9.17) is 11.6 Å². The van der Waals surface area contributed by atoms with Crippen LogP contribution in [0, 0.1) is 0 Å². The quantitative estimate of drug-likeness (QED) is 0.836. The number of nitrogens with one attached hydrogen (secondary N) is 1. The van der Waals surface area contributed by atoms with E-state index >= 15 is 0 Å². The van der Waals surface area contributed by atoms with Crippen LogP contribution >= 0.6 is 27.5 Å². The molecule has 0 aromatic heterocycles. The van der Waals surface area contributed by atoms with Gasteiger partial charge >= 0.3 is 0 Å². The summed E-state index contributed by atoms with van der Waals surface area (Å²) in [4.78, 5) is -0.402. The van der Waals surface area contributed by atoms with Crippen molar-refractivity contribution in [3.05, 3.63) is 34.3 Å². The highest BCUT2D eigenvalue weighted by atomic mass is 79.9. The lowest BCUT2D eigenvalue weighted by Gasteiger charge is -2.09. The lowest BCUT2D eigenvalue weighted by atomic mass is 10.4. The molecule has 9 heteroatoms. The molecule has 1 N–H and O–H groups in total. The lowest BCUT2D eigenvalue weighted by molar-refractivity contribution is 0.585. The maximum Gasteiger partial charge on any atom is 0.242 e. The summed E-state index contributed by atoms with van der Waals surface area (Å²) >= 11 is 8.81. The molecule has 19 heavy (non-hydrogen) atoms. The third-order valence-electron chi connectivity index (χ3n) is 2.07. The minimum absolute atomic E-state index is 0.0260. The highest BCUT2D eigenvalue weighted by molar-refractivity contribution is 9.11. The Morgan fingerprint density at radius 1 is 1.37 bits per heavy atom. The number of sulfone groups is 1. The maximum absolute atomic E-state index is 12.0. The molecule has 0 saturated heterocycles. The molecule has 0 aliphatic rings. The van der Waals surface area contributed by atoms with Crippen LogP contribution in [0.25, 0.3) is 0 Å². The Morgan fingerprint density at radius 3 is 2.42 bits per heavy atom. The van der Waals surface area contributed by atoms with Crippen molar-refractivity contribution in [1.29, 1.82) is 0 Å². The summed E-state index contributed by atoms with van der Waals surface area (Å²) in [6.07, 6.45) is 0.987. The van der Waals surface area contributed by atoms with Gasteiger partial charge in [-0.05, 0) is 18.2 Å². The van der Waals surface area contributed by atoms with E-state index in [1.54, 1.807) is 0 Å². The molecule has 1 aromatic carbocycles. The molecule has 0 aliphatic heterocycles. The maximum atomic E-state index is 12.0. The highest BCUT2D eigenvalue weighted by Gasteiger charge is 2.20. The first-order chi connectivity index (χ1) is 8.54. The Labute approximate surface area is 125 Å². The number of hydrogen-bond acceptors (Lipinski definition) is 4. The Balaban J connectivity index is 3.30. The van der Waals surface area contributed by atoms with E-state index in [2.05, 4.69) is 27.2 Å². The van der Waals surface area contributed by atoms with Crippen LogP contribution in [-0.4, -0.2) is 29.6 Å². The van der Waals surface area contributed by atoms with Crippen molar-refractivity contribution >= 4 is 47.4 Å². The Kier molecular flexibility index (Phi) is 5.19. The molecular weight excluding hydrogens is 378 g/mol. The van der Waals surface area contributed by atoms with Crippen LogP contribution in [0.2, 0.25) is 5.02 Å². The second-order valence-corrected chi connectivity index (χ2v) is 8.99. The zero-order valence-corrected chi connectivity index (χ0v) is 13.8. The van der Waals surface area contributed by atoms with Gasteiger partial charge in [0.25, 0.3) is 0 Å². The topological polar surface area (TPSA) is 80.3 Å². The van der Waals surface area contributed by atoms with Crippen LogP contribution in [-0.2, 0) is 19.9 Å². The summed E-state index contributed by atoms with van der Waals surface area (Å²) in [5.74, 6) is 0. The first kappa shape index (κ1) is 16.6. The average molecular weight is 389 g/mol. The molecule has 0 bridgehead atoms. The number of rotatable bonds is 5. The molecule has 0 spiro atoms. The minimum Gasteiger partial charge on any atom is -0.224 e. The number of sulfonamides is 1. The number of benzene rings is 1. The zero-order chi connectivity index (χ0) is 14.8. The van der Waals surface area contributed by atoms with Crippen molar-refractivity contribution in [2.75, 3.05) is 12.8 Å². The summed E-state index contributed by atoms with van der Waals surface area (Å²) in [7, 11) is -7.42. The summed E-state index contributed by atoms with van der Waals surface area (Å²) in [5.41, 5.74) is 0. The second kappa shape index (κ2) is 5.92. The van der Waals surface area contributed by atoms with Crippen molar-refractivity contribution in [1.82, 2.24) is 4.72 Å². The standard InChI is InChI=1S/C10H11BrClNO4S2/c1-7(11)6-13-19(16,17)10-5-8(18(2,14)15)3-4-9(10)12/h3-5,13H,1,6H2,2H3. The molecule has 106 valence electrons. The average Bonchev–Trinajstić information content (AvgIpc) is 2.25. The summed E-state index contributed by atoms with van der Waals surface area (Å²) in [5, 5.41) is -0.0555. The molecule has 0 fully saturated rings. The number of halogens is 2. The number of hydrogen-bond donors (Lipinski definition) is 1. The summed E-state index contributed by atoms with van der Waals surface area (Å²) in [6.45, 7) is 3.47. The fourth-order valence-electron chi connectivity index (χ4n) is 1.17. The van der Waals surface area contributed by atoms with Gasteiger partial charge in [-0.15, -0.1) is 0 Å². The van der Waals surface area contributed by atoms with Gasteiger partial charge in [-0.25, -0.2) is 21.6 Å². The SMILES string of the molecule is C=C(Br)CNS(=O)(=O)c1cc(S(C)(=O)=O)ccc1Cl. The van der Waals surface area contributed by atoms with Crippen LogP contribution in [0.5, 0.6) is 0 Å². The van der Waals surface area contributed by atoms with E-state index in [9.17, 15) is 16.8 Å². The fraction of sp³-hybridized carbons (Fsp3) is 0.200. The van der Waals surface area contributed by atoms with Crippen molar-refractivity contribution in [3.63, 3.8) is 0 Å². The summed E-state index contributed by atoms with van der Waals surface area (Å²) in [6, 6.07) is 3.51. The predicted molar refractivity (Wildman–Crippen MR) is 77.8 cm³/mol. The molecule has 0 atom stereocenters. The Morgan fingerprint density at radius 2 is 1.95 bits per heavy atom. The van der Waals surface area contributed by atoms with Gasteiger partial charge in [-0.3, -0.25) is 0 Å². The molecule has 0 unspecified atom stereocenters. The molecule has 1 aromatic rings. The molecule has 0 aliphatic carbocycles. The molecule has 0 amide bonds. The van der Waals surface area contributed by atoms with Gasteiger partial charge in [0, 0.05) is 17.3 Å². The normalized spacial score (nSPS) is 12.4. The molecule has 1 rings (SSSR count). The Bertz CT molecular complexity index is 713. The van der Waals surface area contributed by atoms with E-state index in [1.165, 1.54) is 12.1 Å². The van der Waals surface area contributed by atoms with Gasteiger partial charge in [-0.2, -0.15) is 0 Å². The monoisotopic (exact) mass is 387 g/mol. The van der Waals surface area contributed by atoms with E-state index < -0.39 is 19.9 Å². The minimum atomic E-state index is -3.91. The van der Waals surface area contributed by atoms with E-state index in [0.29, 0.717) is 4.48 Å². The smallest absolute Gasteiger partial charge is 0.224 e. The third-order valence-corrected chi connectivity index (χ3v) is 5.35.